The summed E-state index contributed by atoms with van der Waals surface area (Å²) in [4.78, 5) is 28.4. The van der Waals surface area contributed by atoms with E-state index >= 15 is 0 Å². The van der Waals surface area contributed by atoms with Crippen molar-refractivity contribution in [1.29, 1.82) is 0 Å². The Morgan fingerprint density at radius 2 is 2.00 bits per heavy atom. The molecule has 29 heavy (non-hydrogen) atoms. The molecule has 1 saturated carbocycles. The van der Waals surface area contributed by atoms with E-state index in [0.29, 0.717) is 15.6 Å². The Morgan fingerprint density at radius 3 is 2.55 bits per heavy atom. The number of nitrogens with zero attached hydrogens (tertiary/aromatic N) is 3. The lowest BCUT2D eigenvalue weighted by atomic mass is 10.0. The fourth-order valence-corrected chi connectivity index (χ4v) is 4.04. The van der Waals surface area contributed by atoms with Crippen molar-refractivity contribution in [2.75, 3.05) is 5.32 Å². The fourth-order valence-electron chi connectivity index (χ4n) is 3.01. The van der Waals surface area contributed by atoms with Gasteiger partial charge in [-0.25, -0.2) is 18.4 Å². The molecule has 0 radical (unpaired) electrons. The molecule has 3 aromatic rings. The summed E-state index contributed by atoms with van der Waals surface area (Å²) >= 11 is 0.791. The first-order chi connectivity index (χ1) is 13.8. The summed E-state index contributed by atoms with van der Waals surface area (Å²) in [6, 6.07) is 2.36. The van der Waals surface area contributed by atoms with Crippen LogP contribution in [0.5, 0.6) is 0 Å². The molecule has 12 heteroatoms. The first kappa shape index (κ1) is 19.3. The highest BCUT2D eigenvalue weighted by Crippen LogP contribution is 2.48. The molecular weight excluding hydrogens is 414 g/mol. The second kappa shape index (κ2) is 7.10. The van der Waals surface area contributed by atoms with Gasteiger partial charge in [-0.1, -0.05) is 0 Å². The maximum atomic E-state index is 13.2. The van der Waals surface area contributed by atoms with Crippen LogP contribution < -0.4 is 11.1 Å². The van der Waals surface area contributed by atoms with Crippen LogP contribution in [-0.4, -0.2) is 26.6 Å². The number of carbonyl (C=O) groups is 2. The SMILES string of the molecule is NC(=O)c1sc2nc(C(F)F)cc(C3CC3)c2c1NC(=O)c1ccn(C(F)F)n1. The zero-order chi connectivity index (χ0) is 20.9. The van der Waals surface area contributed by atoms with E-state index in [-0.39, 0.29) is 27.0 Å². The molecule has 3 aromatic heterocycles. The molecule has 152 valence electrons. The van der Waals surface area contributed by atoms with Crippen LogP contribution in [0, 0.1) is 0 Å². The summed E-state index contributed by atoms with van der Waals surface area (Å²) in [7, 11) is 0. The van der Waals surface area contributed by atoms with Gasteiger partial charge in [0.15, 0.2) is 5.69 Å². The van der Waals surface area contributed by atoms with Crippen LogP contribution in [-0.2, 0) is 0 Å². The maximum Gasteiger partial charge on any atom is 0.333 e. The molecule has 4 rings (SSSR count). The van der Waals surface area contributed by atoms with E-state index in [1.165, 1.54) is 6.07 Å². The third-order valence-corrected chi connectivity index (χ3v) is 5.55. The van der Waals surface area contributed by atoms with E-state index in [1.54, 1.807) is 0 Å². The van der Waals surface area contributed by atoms with Crippen molar-refractivity contribution >= 4 is 39.1 Å². The summed E-state index contributed by atoms with van der Waals surface area (Å²) in [6.07, 6.45) is -0.315. The standard InChI is InChI=1S/C17H13F4N5O2S/c18-13(19)9-5-7(6-1-2-6)10-11(12(14(22)27)29-16(10)23-9)24-15(28)8-3-4-26(25-8)17(20)21/h3-6,13,17H,1-2H2,(H2,22,27)(H,24,28). The number of primary amides is 1. The lowest BCUT2D eigenvalue weighted by molar-refractivity contribution is 0.0561. The number of anilines is 1. The molecular formula is C17H13F4N5O2S. The minimum atomic E-state index is -2.92. The zero-order valence-electron chi connectivity index (χ0n) is 14.5. The Labute approximate surface area is 164 Å². The lowest BCUT2D eigenvalue weighted by Crippen LogP contribution is -2.17. The van der Waals surface area contributed by atoms with E-state index in [4.69, 9.17) is 5.73 Å². The smallest absolute Gasteiger partial charge is 0.333 e. The van der Waals surface area contributed by atoms with E-state index in [9.17, 15) is 27.2 Å². The summed E-state index contributed by atoms with van der Waals surface area (Å²) in [6.45, 7) is -2.92. The third kappa shape index (κ3) is 3.55. The Bertz CT molecular complexity index is 1120. The number of halogens is 4. The highest BCUT2D eigenvalue weighted by molar-refractivity contribution is 7.21. The van der Waals surface area contributed by atoms with E-state index < -0.39 is 30.5 Å². The number of hydrogen-bond acceptors (Lipinski definition) is 5. The van der Waals surface area contributed by atoms with Crippen LogP contribution in [0.1, 0.15) is 63.2 Å². The highest BCUT2D eigenvalue weighted by atomic mass is 32.1. The van der Waals surface area contributed by atoms with E-state index in [1.807, 2.05) is 0 Å². The number of rotatable bonds is 6. The monoisotopic (exact) mass is 427 g/mol. The molecule has 3 N–H and O–H groups in total. The van der Waals surface area contributed by atoms with Gasteiger partial charge in [-0.15, -0.1) is 11.3 Å². The van der Waals surface area contributed by atoms with Crippen molar-refractivity contribution in [2.45, 2.75) is 31.7 Å². The number of nitrogens with two attached hydrogens (primary N) is 1. The summed E-state index contributed by atoms with van der Waals surface area (Å²) < 4.78 is 52.2. The molecule has 1 aliphatic carbocycles. The van der Waals surface area contributed by atoms with Crippen LogP contribution in [0.4, 0.5) is 23.2 Å². The second-order valence-electron chi connectivity index (χ2n) is 6.47. The molecule has 2 amide bonds. The van der Waals surface area contributed by atoms with Crippen LogP contribution in [0.25, 0.3) is 10.2 Å². The number of thiophene rings is 1. The Hall–Kier alpha value is -3.02. The average Bonchev–Trinajstić information content (AvgIpc) is 3.25. The third-order valence-electron chi connectivity index (χ3n) is 4.46. The minimum Gasteiger partial charge on any atom is -0.365 e. The van der Waals surface area contributed by atoms with Gasteiger partial charge in [-0.2, -0.15) is 13.9 Å². The molecule has 0 bridgehead atoms. The van der Waals surface area contributed by atoms with Crippen molar-refractivity contribution in [3.63, 3.8) is 0 Å². The molecule has 3 heterocycles. The predicted molar refractivity (Wildman–Crippen MR) is 96.5 cm³/mol. The first-order valence-electron chi connectivity index (χ1n) is 8.46. The van der Waals surface area contributed by atoms with Gasteiger partial charge in [0.2, 0.25) is 0 Å². The molecule has 0 aliphatic heterocycles. The van der Waals surface area contributed by atoms with Gasteiger partial charge in [-0.3, -0.25) is 9.59 Å². The lowest BCUT2D eigenvalue weighted by Gasteiger charge is -2.09. The Morgan fingerprint density at radius 1 is 1.28 bits per heavy atom. The number of hydrogen-bond donors (Lipinski definition) is 2. The molecule has 0 saturated heterocycles. The van der Waals surface area contributed by atoms with Gasteiger partial charge in [0, 0.05) is 11.6 Å². The van der Waals surface area contributed by atoms with Gasteiger partial charge in [0.05, 0.1) is 5.69 Å². The number of fused-ring (bicyclic) bond motifs is 1. The van der Waals surface area contributed by atoms with Gasteiger partial charge in [0.1, 0.15) is 15.4 Å². The minimum absolute atomic E-state index is 0.00187. The van der Waals surface area contributed by atoms with Gasteiger partial charge < -0.3 is 11.1 Å². The molecule has 0 atom stereocenters. The van der Waals surface area contributed by atoms with Crippen molar-refractivity contribution < 1.29 is 27.2 Å². The topological polar surface area (TPSA) is 103 Å². The molecule has 0 spiro atoms. The Balaban J connectivity index is 1.82. The number of pyridine rings is 1. The highest BCUT2D eigenvalue weighted by Gasteiger charge is 2.32. The van der Waals surface area contributed by atoms with Crippen molar-refractivity contribution in [1.82, 2.24) is 14.8 Å². The first-order valence-corrected chi connectivity index (χ1v) is 9.27. The molecule has 7 nitrogen and oxygen atoms in total. The number of aromatic nitrogens is 3. The largest absolute Gasteiger partial charge is 0.365 e. The number of carbonyl (C=O) groups excluding carboxylic acids is 2. The van der Waals surface area contributed by atoms with Crippen LogP contribution >= 0.6 is 11.3 Å². The van der Waals surface area contributed by atoms with Crippen molar-refractivity contribution in [2.24, 2.45) is 5.73 Å². The van der Waals surface area contributed by atoms with E-state index in [0.717, 1.165) is 36.4 Å². The molecule has 1 fully saturated rings. The molecule has 0 unspecified atom stereocenters. The van der Waals surface area contributed by atoms with Crippen LogP contribution in [0.3, 0.4) is 0 Å². The van der Waals surface area contributed by atoms with Gasteiger partial charge >= 0.3 is 6.55 Å². The molecule has 0 aromatic carbocycles. The second-order valence-corrected chi connectivity index (χ2v) is 7.47. The quantitative estimate of drug-likeness (QED) is 0.579. The number of nitrogens with one attached hydrogen (secondary N) is 1. The summed E-state index contributed by atoms with van der Waals surface area (Å²) in [5.74, 6) is -1.71. The maximum absolute atomic E-state index is 13.2. The summed E-state index contributed by atoms with van der Waals surface area (Å²) in [5, 5.41) is 6.32. The van der Waals surface area contributed by atoms with Crippen LogP contribution in [0.15, 0.2) is 18.3 Å². The molecule has 1 aliphatic rings. The summed E-state index contributed by atoms with van der Waals surface area (Å²) in [5.41, 5.74) is 5.25. The van der Waals surface area contributed by atoms with Gasteiger partial charge in [0.25, 0.3) is 18.2 Å². The Kier molecular flexibility index (Phi) is 4.73. The average molecular weight is 427 g/mol. The predicted octanol–water partition coefficient (Wildman–Crippen LogP) is 4.05. The van der Waals surface area contributed by atoms with Crippen LogP contribution in [0.2, 0.25) is 0 Å². The fraction of sp³-hybridized carbons (Fsp3) is 0.294. The normalized spacial score (nSPS) is 14.1. The number of alkyl halides is 4. The van der Waals surface area contributed by atoms with Crippen molar-refractivity contribution in [3.8, 4) is 0 Å². The van der Waals surface area contributed by atoms with Crippen molar-refractivity contribution in [3.05, 3.63) is 40.2 Å². The van der Waals surface area contributed by atoms with E-state index in [2.05, 4.69) is 15.4 Å². The van der Waals surface area contributed by atoms with Gasteiger partial charge in [-0.05, 0) is 36.5 Å². The zero-order valence-corrected chi connectivity index (χ0v) is 15.4. The number of amides is 2.